The molecule has 0 aromatic heterocycles. The number of hydrazine groups is 1. The fraction of sp³-hybridized carbons (Fsp3) is 0.245. The number of carbonyl (C=O) groups excluding carboxylic acids is 1. The van der Waals surface area contributed by atoms with Crippen LogP contribution in [0.25, 0.3) is 0 Å². The fourth-order valence-electron chi connectivity index (χ4n) is 7.33. The average Bonchev–Trinajstić information content (AvgIpc) is 3.39. The van der Waals surface area contributed by atoms with Gasteiger partial charge in [-0.2, -0.15) is 0 Å². The molecule has 13 nitrogen and oxygen atoms in total. The van der Waals surface area contributed by atoms with Crippen LogP contribution in [0.5, 0.6) is 28.7 Å². The molecule has 14 heteroatoms. The number of rotatable bonds is 19. The van der Waals surface area contributed by atoms with Gasteiger partial charge in [-0.3, -0.25) is 9.57 Å². The first-order chi connectivity index (χ1) is 30.6. The van der Waals surface area contributed by atoms with Crippen molar-refractivity contribution in [3.05, 3.63) is 185 Å². The number of methoxy groups -OCH3 is 2. The molecule has 63 heavy (non-hydrogen) atoms. The summed E-state index contributed by atoms with van der Waals surface area (Å²) in [6, 6.07) is 44.6. The fourth-order valence-corrected chi connectivity index (χ4v) is 8.55. The molecule has 6 aromatic carbocycles. The summed E-state index contributed by atoms with van der Waals surface area (Å²) in [6.07, 6.45) is -0.956. The first-order valence-electron chi connectivity index (χ1n) is 20.5. The number of nitrogens with zero attached hydrogens (tertiary/aromatic N) is 3. The van der Waals surface area contributed by atoms with E-state index in [0.29, 0.717) is 23.3 Å². The molecular weight excluding hydrogens is 822 g/mol. The van der Waals surface area contributed by atoms with Crippen molar-refractivity contribution < 1.29 is 47.9 Å². The van der Waals surface area contributed by atoms with E-state index in [-0.39, 0.29) is 74.8 Å². The average molecular weight is 874 g/mol. The van der Waals surface area contributed by atoms with E-state index in [2.05, 4.69) is 0 Å². The summed E-state index contributed by atoms with van der Waals surface area (Å²) in [5.74, 6) is 0.887. The maximum absolute atomic E-state index is 15.1. The number of hydrogen-bond acceptors (Lipinski definition) is 11. The molecular formula is C49H52N3O10P. The third kappa shape index (κ3) is 12.0. The van der Waals surface area contributed by atoms with Gasteiger partial charge in [0, 0.05) is 19.6 Å². The van der Waals surface area contributed by atoms with Crippen molar-refractivity contribution in [2.75, 3.05) is 27.1 Å². The zero-order valence-electron chi connectivity index (χ0n) is 35.2. The minimum atomic E-state index is -3.75. The molecule has 1 saturated heterocycles. The van der Waals surface area contributed by atoms with E-state index in [1.807, 2.05) is 108 Å². The van der Waals surface area contributed by atoms with E-state index < -0.39 is 19.7 Å². The summed E-state index contributed by atoms with van der Waals surface area (Å²) in [6.45, 7) is 0.653. The number of ether oxygens (including phenoxy) is 3. The number of urea groups is 1. The summed E-state index contributed by atoms with van der Waals surface area (Å²) in [7, 11) is -0.824. The van der Waals surface area contributed by atoms with Crippen LogP contribution in [0.15, 0.2) is 152 Å². The Morgan fingerprint density at radius 3 is 1.62 bits per heavy atom. The minimum Gasteiger partial charge on any atom is -0.504 e. The lowest BCUT2D eigenvalue weighted by Crippen LogP contribution is -2.51. The van der Waals surface area contributed by atoms with E-state index in [9.17, 15) is 19.9 Å². The maximum Gasteiger partial charge on any atom is 0.368 e. The van der Waals surface area contributed by atoms with Crippen LogP contribution in [0.4, 0.5) is 4.79 Å². The summed E-state index contributed by atoms with van der Waals surface area (Å²) >= 11 is 0. The monoisotopic (exact) mass is 873 g/mol. The number of aliphatic hydroxyl groups excluding tert-OH is 1. The zero-order valence-corrected chi connectivity index (χ0v) is 36.1. The standard InChI is InChI=1S/C49H52N3O10P/c1-58-47-27-40(20-24-44(47)53)30-51-43(26-36-12-6-3-7-13-36)46(55)32-50(52(49(51)56)31-41-21-25-45(54)48(28-41)59-2)29-37-18-22-42(23-19-37)60-35-63(57,61-33-38-14-8-4-9-15-38)62-34-39-16-10-5-11-17-39/h3-25,27-28,43,46,53-55H,26,29-35H2,1-2H3/t43-,46-/m1/s1. The Hall–Kier alpha value is -6.34. The highest BCUT2D eigenvalue weighted by atomic mass is 31.2. The summed E-state index contributed by atoms with van der Waals surface area (Å²) < 4.78 is 42.7. The highest BCUT2D eigenvalue weighted by molar-refractivity contribution is 7.53. The van der Waals surface area contributed by atoms with Crippen molar-refractivity contribution in [2.24, 2.45) is 0 Å². The predicted molar refractivity (Wildman–Crippen MR) is 238 cm³/mol. The molecule has 0 radical (unpaired) electrons. The van der Waals surface area contributed by atoms with Crippen LogP contribution in [-0.4, -0.2) is 75.5 Å². The van der Waals surface area contributed by atoms with Gasteiger partial charge in [-0.05, 0) is 76.2 Å². The Labute approximate surface area is 367 Å². The number of β-amino-alcohol motifs (C(OH)–C–C–N with tert-alkyl or cyclic N) is 1. The van der Waals surface area contributed by atoms with Crippen LogP contribution in [0, 0.1) is 0 Å². The van der Waals surface area contributed by atoms with E-state index in [0.717, 1.165) is 22.3 Å². The Kier molecular flexibility index (Phi) is 15.0. The molecule has 1 aliphatic rings. The Bertz CT molecular complexity index is 2400. The van der Waals surface area contributed by atoms with Crippen molar-refractivity contribution in [3.63, 3.8) is 0 Å². The molecule has 6 aromatic rings. The predicted octanol–water partition coefficient (Wildman–Crippen LogP) is 8.91. The van der Waals surface area contributed by atoms with E-state index in [1.54, 1.807) is 46.3 Å². The lowest BCUT2D eigenvalue weighted by atomic mass is 9.99. The number of benzene rings is 6. The van der Waals surface area contributed by atoms with E-state index in [1.165, 1.54) is 26.4 Å². The Morgan fingerprint density at radius 1 is 0.603 bits per heavy atom. The molecule has 1 fully saturated rings. The van der Waals surface area contributed by atoms with Crippen LogP contribution in [-0.2, 0) is 52.9 Å². The number of hydrogen-bond donors (Lipinski definition) is 3. The maximum atomic E-state index is 15.1. The Balaban J connectivity index is 1.15. The molecule has 2 atom stereocenters. The molecule has 0 spiro atoms. The molecule has 0 saturated carbocycles. The lowest BCUT2D eigenvalue weighted by Gasteiger charge is -2.36. The number of carbonyl (C=O) groups is 1. The van der Waals surface area contributed by atoms with Crippen LogP contribution in [0.1, 0.15) is 33.4 Å². The van der Waals surface area contributed by atoms with Gasteiger partial charge >= 0.3 is 13.6 Å². The molecule has 1 heterocycles. The van der Waals surface area contributed by atoms with Gasteiger partial charge in [0.05, 0.1) is 46.1 Å². The summed E-state index contributed by atoms with van der Waals surface area (Å²) in [5.41, 5.74) is 4.81. The summed E-state index contributed by atoms with van der Waals surface area (Å²) in [4.78, 5) is 16.8. The third-order valence-electron chi connectivity index (χ3n) is 10.7. The zero-order chi connectivity index (χ0) is 44.2. The number of aliphatic hydroxyl groups is 1. The van der Waals surface area contributed by atoms with E-state index in [4.69, 9.17) is 23.3 Å². The van der Waals surface area contributed by atoms with Gasteiger partial charge in [-0.15, -0.1) is 0 Å². The minimum absolute atomic E-state index is 0.0309. The van der Waals surface area contributed by atoms with Crippen molar-refractivity contribution in [1.29, 1.82) is 0 Å². The van der Waals surface area contributed by atoms with Crippen molar-refractivity contribution in [3.8, 4) is 28.7 Å². The largest absolute Gasteiger partial charge is 0.504 e. The summed E-state index contributed by atoms with van der Waals surface area (Å²) in [5, 5.41) is 36.3. The molecule has 7 rings (SSSR count). The highest BCUT2D eigenvalue weighted by Gasteiger charge is 2.40. The van der Waals surface area contributed by atoms with Crippen LogP contribution >= 0.6 is 7.60 Å². The molecule has 0 bridgehead atoms. The second-order valence-electron chi connectivity index (χ2n) is 15.2. The number of phenolic OH excluding ortho intramolecular Hbond substituents is 2. The first-order valence-corrected chi connectivity index (χ1v) is 22.3. The number of aromatic hydroxyl groups is 2. The number of phenols is 2. The molecule has 328 valence electrons. The first kappa shape index (κ1) is 44.7. The SMILES string of the molecule is COc1cc(CN2C(=O)N(Cc3ccc(O)c(OC)c3)N(Cc3ccc(OCP(=O)(OCc4ccccc4)OCc4ccccc4)cc3)C[C@@H](O)[C@H]2Cc2ccccc2)ccc1O. The van der Waals surface area contributed by atoms with Gasteiger partial charge in [0.25, 0.3) is 0 Å². The topological polar surface area (TPSA) is 151 Å². The van der Waals surface area contributed by atoms with Crippen molar-refractivity contribution in [1.82, 2.24) is 14.9 Å². The lowest BCUT2D eigenvalue weighted by molar-refractivity contribution is -0.0213. The van der Waals surface area contributed by atoms with Gasteiger partial charge in [0.2, 0.25) is 0 Å². The van der Waals surface area contributed by atoms with Crippen molar-refractivity contribution in [2.45, 2.75) is 51.4 Å². The molecule has 3 N–H and O–H groups in total. The van der Waals surface area contributed by atoms with Gasteiger partial charge in [0.15, 0.2) is 29.3 Å². The molecule has 2 amide bonds. The number of amides is 2. The second kappa shape index (κ2) is 21.2. The third-order valence-corrected chi connectivity index (χ3v) is 12.2. The highest BCUT2D eigenvalue weighted by Crippen LogP contribution is 2.50. The van der Waals surface area contributed by atoms with Crippen LogP contribution in [0.3, 0.4) is 0 Å². The van der Waals surface area contributed by atoms with Crippen molar-refractivity contribution >= 4 is 13.6 Å². The Morgan fingerprint density at radius 2 is 1.10 bits per heavy atom. The smallest absolute Gasteiger partial charge is 0.368 e. The van der Waals surface area contributed by atoms with Gasteiger partial charge in [-0.1, -0.05) is 115 Å². The van der Waals surface area contributed by atoms with Crippen LogP contribution in [0.2, 0.25) is 0 Å². The van der Waals surface area contributed by atoms with Gasteiger partial charge in [0.1, 0.15) is 5.75 Å². The quantitative estimate of drug-likeness (QED) is 0.0670. The molecule has 0 unspecified atom stereocenters. The van der Waals surface area contributed by atoms with Crippen LogP contribution < -0.4 is 14.2 Å². The van der Waals surface area contributed by atoms with Gasteiger partial charge < -0.3 is 43.5 Å². The normalized spacial score (nSPS) is 15.8. The second-order valence-corrected chi connectivity index (χ2v) is 17.2. The van der Waals surface area contributed by atoms with Gasteiger partial charge in [-0.25, -0.2) is 9.80 Å². The van der Waals surface area contributed by atoms with E-state index >= 15 is 4.79 Å². The molecule has 1 aliphatic heterocycles. The molecule has 0 aliphatic carbocycles.